The van der Waals surface area contributed by atoms with E-state index in [0.717, 1.165) is 16.1 Å². The number of carbonyl (C=O) groups excluding carboxylic acids is 1. The van der Waals surface area contributed by atoms with Crippen molar-refractivity contribution in [2.75, 3.05) is 0 Å². The van der Waals surface area contributed by atoms with Crippen LogP contribution < -0.4 is 11.1 Å². The molecule has 0 aliphatic heterocycles. The summed E-state index contributed by atoms with van der Waals surface area (Å²) in [6.45, 7) is 3.54. The quantitative estimate of drug-likeness (QED) is 0.585. The summed E-state index contributed by atoms with van der Waals surface area (Å²) in [6.07, 6.45) is 2.75. The lowest BCUT2D eigenvalue weighted by Crippen LogP contribution is -2.27. The average Bonchev–Trinajstić information content (AvgIpc) is 3.10. The molecule has 0 fully saturated rings. The summed E-state index contributed by atoms with van der Waals surface area (Å²) < 4.78 is 52.2. The molecule has 0 bridgehead atoms. The molecule has 1 atom stereocenters. The van der Waals surface area contributed by atoms with Crippen LogP contribution in [0.3, 0.4) is 0 Å². The molecular weight excluding hydrogens is 436 g/mol. The van der Waals surface area contributed by atoms with Crippen molar-refractivity contribution in [1.82, 2.24) is 20.3 Å². The first kappa shape index (κ1) is 21.9. The number of nitrogens with one attached hydrogen (secondary N) is 1. The summed E-state index contributed by atoms with van der Waals surface area (Å²) in [5, 5.41) is 1.82. The first-order valence-corrected chi connectivity index (χ1v) is 10.9. The van der Waals surface area contributed by atoms with Crippen LogP contribution in [-0.4, -0.2) is 29.3 Å². The SMILES string of the molecule is Cc1ncc(CNC(=O)c2cnc(C(N)S(=O)(=O)c3cc(F)cc(F)c3)c(C)n2)s1. The highest BCUT2D eigenvalue weighted by Crippen LogP contribution is 2.26. The third kappa shape index (κ3) is 4.66. The molecule has 2 heterocycles. The largest absolute Gasteiger partial charge is 0.346 e. The fourth-order valence-electron chi connectivity index (χ4n) is 2.61. The van der Waals surface area contributed by atoms with Gasteiger partial charge in [0, 0.05) is 17.1 Å². The highest BCUT2D eigenvalue weighted by Gasteiger charge is 2.30. The maximum Gasteiger partial charge on any atom is 0.271 e. The van der Waals surface area contributed by atoms with Crippen LogP contribution in [0.15, 0.2) is 35.5 Å². The number of halogens is 2. The molecule has 1 amide bonds. The van der Waals surface area contributed by atoms with Crippen molar-refractivity contribution in [1.29, 1.82) is 0 Å². The predicted octanol–water partition coefficient (Wildman–Crippen LogP) is 2.19. The molecule has 0 aliphatic rings. The molecule has 158 valence electrons. The van der Waals surface area contributed by atoms with Crippen LogP contribution in [0, 0.1) is 25.5 Å². The van der Waals surface area contributed by atoms with Crippen molar-refractivity contribution in [3.8, 4) is 0 Å². The van der Waals surface area contributed by atoms with E-state index in [9.17, 15) is 22.0 Å². The molecule has 8 nitrogen and oxygen atoms in total. The zero-order valence-electron chi connectivity index (χ0n) is 15.9. The number of sulfone groups is 1. The summed E-state index contributed by atoms with van der Waals surface area (Å²) in [6, 6.07) is 1.89. The number of benzene rings is 1. The third-order valence-electron chi connectivity index (χ3n) is 4.08. The van der Waals surface area contributed by atoms with Gasteiger partial charge in [-0.05, 0) is 26.0 Å². The number of aryl methyl sites for hydroxylation is 2. The fraction of sp³-hybridized carbons (Fsp3) is 0.222. The van der Waals surface area contributed by atoms with Gasteiger partial charge in [-0.1, -0.05) is 0 Å². The molecule has 2 aromatic heterocycles. The number of aromatic nitrogens is 3. The van der Waals surface area contributed by atoms with Crippen LogP contribution in [0.25, 0.3) is 0 Å². The number of nitrogens with zero attached hydrogens (tertiary/aromatic N) is 3. The number of nitrogens with two attached hydrogens (primary N) is 1. The van der Waals surface area contributed by atoms with Gasteiger partial charge in [0.25, 0.3) is 5.91 Å². The van der Waals surface area contributed by atoms with Gasteiger partial charge in [-0.15, -0.1) is 11.3 Å². The number of hydrogen-bond donors (Lipinski definition) is 2. The van der Waals surface area contributed by atoms with Crippen molar-refractivity contribution in [2.45, 2.75) is 30.7 Å². The number of hydrogen-bond acceptors (Lipinski definition) is 8. The Bertz CT molecular complexity index is 1190. The van der Waals surface area contributed by atoms with Gasteiger partial charge < -0.3 is 11.1 Å². The molecule has 0 aliphatic carbocycles. The molecule has 12 heteroatoms. The van der Waals surface area contributed by atoms with E-state index in [4.69, 9.17) is 5.73 Å². The predicted molar refractivity (Wildman–Crippen MR) is 105 cm³/mol. The molecule has 0 saturated heterocycles. The van der Waals surface area contributed by atoms with Crippen LogP contribution in [0.5, 0.6) is 0 Å². The van der Waals surface area contributed by atoms with Crippen molar-refractivity contribution < 1.29 is 22.0 Å². The maximum atomic E-state index is 13.4. The molecule has 1 aromatic carbocycles. The van der Waals surface area contributed by atoms with Crippen LogP contribution in [0.4, 0.5) is 8.78 Å². The van der Waals surface area contributed by atoms with Gasteiger partial charge in [0.1, 0.15) is 17.3 Å². The molecule has 3 rings (SSSR count). The highest BCUT2D eigenvalue weighted by molar-refractivity contribution is 7.91. The lowest BCUT2D eigenvalue weighted by molar-refractivity contribution is 0.0945. The van der Waals surface area contributed by atoms with Crippen molar-refractivity contribution in [3.63, 3.8) is 0 Å². The van der Waals surface area contributed by atoms with Gasteiger partial charge in [-0.25, -0.2) is 27.2 Å². The summed E-state index contributed by atoms with van der Waals surface area (Å²) in [5.74, 6) is -2.61. The van der Waals surface area contributed by atoms with Crippen molar-refractivity contribution in [2.24, 2.45) is 5.73 Å². The van der Waals surface area contributed by atoms with Crippen LogP contribution in [0.2, 0.25) is 0 Å². The van der Waals surface area contributed by atoms with E-state index >= 15 is 0 Å². The Morgan fingerprint density at radius 1 is 1.17 bits per heavy atom. The Kier molecular flexibility index (Phi) is 6.19. The first-order chi connectivity index (χ1) is 14.1. The van der Waals surface area contributed by atoms with Crippen LogP contribution in [0.1, 0.15) is 37.1 Å². The average molecular weight is 453 g/mol. The van der Waals surface area contributed by atoms with Gasteiger partial charge in [0.2, 0.25) is 0 Å². The zero-order valence-corrected chi connectivity index (χ0v) is 17.5. The molecule has 30 heavy (non-hydrogen) atoms. The summed E-state index contributed by atoms with van der Waals surface area (Å²) in [5.41, 5.74) is 5.77. The fourth-order valence-corrected chi connectivity index (χ4v) is 4.72. The number of thiazole rings is 1. The van der Waals surface area contributed by atoms with Crippen LogP contribution >= 0.6 is 11.3 Å². The van der Waals surface area contributed by atoms with E-state index in [0.29, 0.717) is 18.2 Å². The topological polar surface area (TPSA) is 128 Å². The minimum atomic E-state index is -4.35. The second-order valence-corrected chi connectivity index (χ2v) is 9.71. The highest BCUT2D eigenvalue weighted by atomic mass is 32.2. The molecule has 0 spiro atoms. The standard InChI is InChI=1S/C18H17F2N5O3S2/c1-9-16(17(21)30(27,28)14-4-11(19)3-12(20)5-14)23-8-15(25-9)18(26)24-7-13-6-22-10(2)29-13/h3-6,8,17H,7,21H2,1-2H3,(H,24,26). The Morgan fingerprint density at radius 3 is 2.40 bits per heavy atom. The van der Waals surface area contributed by atoms with E-state index in [1.165, 1.54) is 18.3 Å². The second kappa shape index (κ2) is 8.50. The van der Waals surface area contributed by atoms with Crippen molar-refractivity contribution in [3.05, 3.63) is 69.2 Å². The van der Waals surface area contributed by atoms with Gasteiger partial charge >= 0.3 is 0 Å². The summed E-state index contributed by atoms with van der Waals surface area (Å²) in [7, 11) is -4.35. The molecule has 1 unspecified atom stereocenters. The zero-order chi connectivity index (χ0) is 22.1. The monoisotopic (exact) mass is 453 g/mol. The molecular formula is C18H17F2N5O3S2. The Labute approximate surface area is 175 Å². The maximum absolute atomic E-state index is 13.4. The molecule has 3 aromatic rings. The normalized spacial score (nSPS) is 12.6. The van der Waals surface area contributed by atoms with E-state index in [1.54, 1.807) is 6.20 Å². The van der Waals surface area contributed by atoms with Gasteiger partial charge in [-0.3, -0.25) is 9.78 Å². The summed E-state index contributed by atoms with van der Waals surface area (Å²) in [4.78, 5) is 24.7. The smallest absolute Gasteiger partial charge is 0.271 e. The minimum absolute atomic E-state index is 0.0288. The van der Waals surface area contributed by atoms with E-state index in [-0.39, 0.29) is 23.6 Å². The van der Waals surface area contributed by atoms with Crippen molar-refractivity contribution >= 4 is 27.1 Å². The summed E-state index contributed by atoms with van der Waals surface area (Å²) >= 11 is 1.44. The Hall–Kier alpha value is -2.83. The van der Waals surface area contributed by atoms with E-state index in [1.807, 2.05) is 6.92 Å². The Balaban J connectivity index is 1.80. The lowest BCUT2D eigenvalue weighted by atomic mass is 10.3. The van der Waals surface area contributed by atoms with Gasteiger partial charge in [0.05, 0.1) is 34.0 Å². The second-order valence-electron chi connectivity index (χ2n) is 6.32. The van der Waals surface area contributed by atoms with E-state index in [2.05, 4.69) is 20.3 Å². The number of rotatable bonds is 6. The van der Waals surface area contributed by atoms with Gasteiger partial charge in [0.15, 0.2) is 15.2 Å². The molecule has 0 radical (unpaired) electrons. The minimum Gasteiger partial charge on any atom is -0.346 e. The lowest BCUT2D eigenvalue weighted by Gasteiger charge is -2.15. The van der Waals surface area contributed by atoms with Gasteiger partial charge in [-0.2, -0.15) is 0 Å². The third-order valence-corrected chi connectivity index (χ3v) is 6.78. The van der Waals surface area contributed by atoms with E-state index < -0.39 is 37.6 Å². The molecule has 0 saturated carbocycles. The van der Waals surface area contributed by atoms with Crippen LogP contribution in [-0.2, 0) is 16.4 Å². The Morgan fingerprint density at radius 2 is 1.83 bits per heavy atom. The molecule has 3 N–H and O–H groups in total. The number of amides is 1. The first-order valence-electron chi connectivity index (χ1n) is 8.56. The number of carbonyl (C=O) groups is 1.